The average Bonchev–Trinajstić information content (AvgIpc) is 3.05. The summed E-state index contributed by atoms with van der Waals surface area (Å²) in [5, 5.41) is 3.56. The Bertz CT molecular complexity index is 1110. The van der Waals surface area contributed by atoms with E-state index >= 15 is 0 Å². The normalized spacial score (nSPS) is 11.3. The van der Waals surface area contributed by atoms with Crippen molar-refractivity contribution in [1.29, 1.82) is 0 Å². The van der Waals surface area contributed by atoms with E-state index in [1.807, 2.05) is 0 Å². The molecule has 9 heteroatoms. The van der Waals surface area contributed by atoms with E-state index in [4.69, 9.17) is 0 Å². The molecule has 29 heavy (non-hydrogen) atoms. The highest BCUT2D eigenvalue weighted by molar-refractivity contribution is 7.92. The first-order chi connectivity index (χ1) is 13.8. The lowest BCUT2D eigenvalue weighted by atomic mass is 10.1. The smallest absolute Gasteiger partial charge is 0.267 e. The van der Waals surface area contributed by atoms with E-state index in [2.05, 4.69) is 15.0 Å². The predicted octanol–water partition coefficient (Wildman–Crippen LogP) is 4.20. The quantitative estimate of drug-likeness (QED) is 0.585. The molecule has 0 spiro atoms. The largest absolute Gasteiger partial charge is 0.321 e. The number of halogens is 1. The van der Waals surface area contributed by atoms with Crippen LogP contribution in [-0.2, 0) is 16.4 Å². The van der Waals surface area contributed by atoms with E-state index < -0.39 is 10.0 Å². The summed E-state index contributed by atoms with van der Waals surface area (Å²) >= 11 is 1.29. The molecule has 0 aliphatic rings. The van der Waals surface area contributed by atoms with Crippen LogP contribution in [0.3, 0.4) is 0 Å². The van der Waals surface area contributed by atoms with Crippen molar-refractivity contribution >= 4 is 38.6 Å². The third kappa shape index (κ3) is 5.61. The molecule has 3 rings (SSSR count). The van der Waals surface area contributed by atoms with Crippen LogP contribution in [0.2, 0.25) is 0 Å². The van der Waals surface area contributed by atoms with Crippen LogP contribution in [-0.4, -0.2) is 25.1 Å². The summed E-state index contributed by atoms with van der Waals surface area (Å²) < 4.78 is 38.7. The number of nitrogens with zero attached hydrogens (tertiary/aromatic N) is 1. The molecule has 0 unspecified atom stereocenters. The first-order valence-corrected chi connectivity index (χ1v) is 11.4. The zero-order valence-corrected chi connectivity index (χ0v) is 17.5. The standard InChI is InChI=1S/C20H20FN3O3S2/c1-3-29(26,27)24-17-10-8-16(9-11-17)23-20(25)19-13(2)22-18(28-19)12-14-4-6-15(21)7-5-14/h4-11,24H,3,12H2,1-2H3,(H,23,25). The van der Waals surface area contributed by atoms with Crippen molar-refractivity contribution in [3.05, 3.63) is 75.5 Å². The summed E-state index contributed by atoms with van der Waals surface area (Å²) in [5.41, 5.74) is 2.51. The van der Waals surface area contributed by atoms with Crippen molar-refractivity contribution in [1.82, 2.24) is 4.98 Å². The zero-order valence-electron chi connectivity index (χ0n) is 15.9. The number of aryl methyl sites for hydroxylation is 1. The number of carbonyl (C=O) groups is 1. The summed E-state index contributed by atoms with van der Waals surface area (Å²) in [7, 11) is -3.35. The fourth-order valence-electron chi connectivity index (χ4n) is 2.58. The molecule has 0 aliphatic heterocycles. The zero-order chi connectivity index (χ0) is 21.0. The molecule has 2 N–H and O–H groups in total. The van der Waals surface area contributed by atoms with Crippen molar-refractivity contribution in [2.75, 3.05) is 15.8 Å². The van der Waals surface area contributed by atoms with Crippen molar-refractivity contribution in [3.8, 4) is 0 Å². The number of thiazole rings is 1. The molecule has 3 aromatic rings. The molecular weight excluding hydrogens is 413 g/mol. The second-order valence-corrected chi connectivity index (χ2v) is 9.46. The number of sulfonamides is 1. The maximum atomic E-state index is 13.0. The Kier molecular flexibility index (Phi) is 6.29. The van der Waals surface area contributed by atoms with E-state index in [0.717, 1.165) is 10.6 Å². The number of rotatable bonds is 7. The molecule has 2 aromatic carbocycles. The molecule has 0 atom stereocenters. The number of benzene rings is 2. The van der Waals surface area contributed by atoms with Gasteiger partial charge in [-0.1, -0.05) is 12.1 Å². The number of anilines is 2. The van der Waals surface area contributed by atoms with Crippen LogP contribution in [0.5, 0.6) is 0 Å². The molecule has 0 bridgehead atoms. The molecule has 1 aromatic heterocycles. The van der Waals surface area contributed by atoms with E-state index in [1.54, 1.807) is 50.2 Å². The van der Waals surface area contributed by atoms with Crippen LogP contribution in [0.15, 0.2) is 48.5 Å². The van der Waals surface area contributed by atoms with Crippen LogP contribution in [0, 0.1) is 12.7 Å². The highest BCUT2D eigenvalue weighted by Gasteiger charge is 2.16. The van der Waals surface area contributed by atoms with Crippen LogP contribution < -0.4 is 10.0 Å². The second kappa shape index (κ2) is 8.71. The minimum absolute atomic E-state index is 0.0175. The Morgan fingerprint density at radius 1 is 1.07 bits per heavy atom. The summed E-state index contributed by atoms with van der Waals surface area (Å²) in [6, 6.07) is 12.6. The van der Waals surface area contributed by atoms with E-state index in [0.29, 0.717) is 28.4 Å². The summed E-state index contributed by atoms with van der Waals surface area (Å²) in [6.45, 7) is 3.32. The predicted molar refractivity (Wildman–Crippen MR) is 114 cm³/mol. The van der Waals surface area contributed by atoms with Crippen LogP contribution in [0.25, 0.3) is 0 Å². The van der Waals surface area contributed by atoms with Crippen molar-refractivity contribution in [2.45, 2.75) is 20.3 Å². The van der Waals surface area contributed by atoms with E-state index in [9.17, 15) is 17.6 Å². The van der Waals surface area contributed by atoms with Crippen molar-refractivity contribution < 1.29 is 17.6 Å². The number of carbonyl (C=O) groups excluding carboxylic acids is 1. The number of hydrogen-bond acceptors (Lipinski definition) is 5. The minimum Gasteiger partial charge on any atom is -0.321 e. The fourth-order valence-corrected chi connectivity index (χ4v) is 4.21. The first-order valence-electron chi connectivity index (χ1n) is 8.88. The molecular formula is C20H20FN3O3S2. The lowest BCUT2D eigenvalue weighted by molar-refractivity contribution is 0.103. The number of hydrogen-bond donors (Lipinski definition) is 2. The SMILES string of the molecule is CCS(=O)(=O)Nc1ccc(NC(=O)c2sc(Cc3ccc(F)cc3)nc2C)cc1. The molecule has 0 saturated carbocycles. The van der Waals surface area contributed by atoms with Gasteiger partial charge >= 0.3 is 0 Å². The molecule has 0 fully saturated rings. The summed E-state index contributed by atoms with van der Waals surface area (Å²) in [4.78, 5) is 17.5. The molecule has 152 valence electrons. The van der Waals surface area contributed by atoms with Gasteiger partial charge in [-0.3, -0.25) is 9.52 Å². The van der Waals surface area contributed by atoms with Gasteiger partial charge in [0.2, 0.25) is 10.0 Å². The Hall–Kier alpha value is -2.78. The minimum atomic E-state index is -3.35. The number of aromatic nitrogens is 1. The molecule has 1 heterocycles. The Morgan fingerprint density at radius 3 is 2.31 bits per heavy atom. The van der Waals surface area contributed by atoms with Gasteiger partial charge in [0.15, 0.2) is 0 Å². The maximum Gasteiger partial charge on any atom is 0.267 e. The Balaban J connectivity index is 1.67. The van der Waals surface area contributed by atoms with Crippen LogP contribution in [0.4, 0.5) is 15.8 Å². The topological polar surface area (TPSA) is 88.2 Å². The second-order valence-electron chi connectivity index (χ2n) is 6.36. The van der Waals surface area contributed by atoms with Gasteiger partial charge in [-0.15, -0.1) is 11.3 Å². The van der Waals surface area contributed by atoms with E-state index in [1.165, 1.54) is 23.5 Å². The average molecular weight is 434 g/mol. The van der Waals surface area contributed by atoms with Gasteiger partial charge in [-0.2, -0.15) is 0 Å². The third-order valence-electron chi connectivity index (χ3n) is 4.11. The van der Waals surface area contributed by atoms with Crippen molar-refractivity contribution in [3.63, 3.8) is 0 Å². The highest BCUT2D eigenvalue weighted by Crippen LogP contribution is 2.23. The van der Waals surface area contributed by atoms with Crippen molar-refractivity contribution in [2.24, 2.45) is 0 Å². The summed E-state index contributed by atoms with van der Waals surface area (Å²) in [6.07, 6.45) is 0.519. The van der Waals surface area contributed by atoms with Crippen LogP contribution in [0.1, 0.15) is 32.9 Å². The lowest BCUT2D eigenvalue weighted by Crippen LogP contribution is -2.15. The van der Waals surface area contributed by atoms with E-state index in [-0.39, 0.29) is 17.5 Å². The first kappa shape index (κ1) is 20.9. The summed E-state index contributed by atoms with van der Waals surface area (Å²) in [5.74, 6) is -0.596. The van der Waals surface area contributed by atoms with Gasteiger partial charge in [0.1, 0.15) is 10.7 Å². The number of nitrogens with one attached hydrogen (secondary N) is 2. The molecule has 6 nitrogen and oxygen atoms in total. The van der Waals surface area contributed by atoms with Gasteiger partial charge in [-0.05, 0) is 55.8 Å². The maximum absolute atomic E-state index is 13.0. The van der Waals surface area contributed by atoms with Gasteiger partial charge in [0.05, 0.1) is 16.5 Å². The molecule has 0 radical (unpaired) electrons. The number of amides is 1. The Labute approximate surface area is 172 Å². The van der Waals surface area contributed by atoms with Gasteiger partial charge in [-0.25, -0.2) is 17.8 Å². The molecule has 0 aliphatic carbocycles. The highest BCUT2D eigenvalue weighted by atomic mass is 32.2. The van der Waals surface area contributed by atoms with Gasteiger partial charge < -0.3 is 5.32 Å². The molecule has 0 saturated heterocycles. The lowest BCUT2D eigenvalue weighted by Gasteiger charge is -2.08. The third-order valence-corrected chi connectivity index (χ3v) is 6.57. The monoisotopic (exact) mass is 433 g/mol. The van der Waals surface area contributed by atoms with Gasteiger partial charge in [0.25, 0.3) is 5.91 Å². The Morgan fingerprint density at radius 2 is 1.69 bits per heavy atom. The van der Waals surface area contributed by atoms with Crippen LogP contribution >= 0.6 is 11.3 Å². The molecule has 1 amide bonds. The fraction of sp³-hybridized carbons (Fsp3) is 0.200. The van der Waals surface area contributed by atoms with Gasteiger partial charge in [0, 0.05) is 17.8 Å².